The molecule has 0 fully saturated rings. The number of aliphatic hydroxyl groups excluding tert-OH is 3. The minimum atomic E-state index is -2.61. The fraction of sp³-hybridized carbons (Fsp3) is 0.774. The van der Waals surface area contributed by atoms with Crippen LogP contribution in [0.2, 0.25) is 0 Å². The van der Waals surface area contributed by atoms with Crippen molar-refractivity contribution in [1.82, 2.24) is 0 Å². The summed E-state index contributed by atoms with van der Waals surface area (Å²) in [6.07, 6.45) is 38.1. The zero-order valence-corrected chi connectivity index (χ0v) is 42.9. The van der Waals surface area contributed by atoms with Crippen LogP contribution >= 0.6 is 17.2 Å². The summed E-state index contributed by atoms with van der Waals surface area (Å²) in [7, 11) is -5.22. The van der Waals surface area contributed by atoms with E-state index >= 15 is 0 Å². The van der Waals surface area contributed by atoms with Crippen LogP contribution in [0, 0.1) is 5.41 Å². The maximum atomic E-state index is 13.8. The van der Waals surface area contributed by atoms with Gasteiger partial charge in [-0.05, 0) is 84.7 Å². The summed E-state index contributed by atoms with van der Waals surface area (Å²) in [5.41, 5.74) is 3.11. The first-order chi connectivity index (χ1) is 31.1. The summed E-state index contributed by atoms with van der Waals surface area (Å²) < 4.78 is 3.60. The topological polar surface area (TPSA) is 171 Å². The van der Waals surface area contributed by atoms with Crippen molar-refractivity contribution in [3.63, 3.8) is 0 Å². The molecule has 372 valence electrons. The van der Waals surface area contributed by atoms with Gasteiger partial charge in [-0.2, -0.15) is 0 Å². The van der Waals surface area contributed by atoms with Crippen molar-refractivity contribution in [3.05, 3.63) is 69.8 Å². The largest absolute Gasteiger partial charge is 0.395 e. The van der Waals surface area contributed by atoms with Crippen LogP contribution in [0.5, 0.6) is 0 Å². The van der Waals surface area contributed by atoms with E-state index in [9.17, 15) is 20.4 Å². The third-order valence-corrected chi connectivity index (χ3v) is 14.5. The van der Waals surface area contributed by atoms with Gasteiger partial charge in [0, 0.05) is 0 Å². The number of aliphatic hydroxyl groups is 4. The molecular weight excluding hydrogens is 843 g/mol. The molecule has 0 aliphatic carbocycles. The Labute approximate surface area is 393 Å². The molecule has 0 heterocycles. The van der Waals surface area contributed by atoms with Crippen molar-refractivity contribution in [2.45, 2.75) is 239 Å². The smallest absolute Gasteiger partial charge is 0.334 e. The highest BCUT2D eigenvalue weighted by Crippen LogP contribution is 2.49. The summed E-state index contributed by atoms with van der Waals surface area (Å²) in [5.74, 6) is 0. The van der Waals surface area contributed by atoms with Crippen LogP contribution in [0.1, 0.15) is 241 Å². The average Bonchev–Trinajstić information content (AvgIpc) is 3.28. The lowest BCUT2D eigenvalue weighted by Gasteiger charge is -2.47. The van der Waals surface area contributed by atoms with Crippen LogP contribution in [0.3, 0.4) is 0 Å². The number of aryl methyl sites for hydroxylation is 2. The van der Waals surface area contributed by atoms with E-state index in [0.717, 1.165) is 75.3 Å². The van der Waals surface area contributed by atoms with Gasteiger partial charge in [0.15, 0.2) is 0 Å². The minimum absolute atomic E-state index is 0.520. The fourth-order valence-corrected chi connectivity index (χ4v) is 9.87. The molecule has 0 aromatic heterocycles. The van der Waals surface area contributed by atoms with Crippen molar-refractivity contribution in [2.24, 2.45) is 5.41 Å². The molecule has 9 nitrogen and oxygen atoms in total. The molecule has 8 N–H and O–H groups in total. The monoisotopic (exact) mass is 939 g/mol. The van der Waals surface area contributed by atoms with E-state index < -0.39 is 48.0 Å². The summed E-state index contributed by atoms with van der Waals surface area (Å²) in [6.45, 7) is 7.51. The molecule has 0 unspecified atom stereocenters. The molecular formula is C53H96O9P2. The Hall–Kier alpha value is -1.06. The second-order valence-corrected chi connectivity index (χ2v) is 20.1. The first-order valence-electron chi connectivity index (χ1n) is 25.9. The zero-order chi connectivity index (χ0) is 47.3. The van der Waals surface area contributed by atoms with Crippen LogP contribution in [0.15, 0.2) is 36.4 Å². The molecule has 0 bridgehead atoms. The second-order valence-electron chi connectivity index (χ2n) is 18.4. The van der Waals surface area contributed by atoms with Crippen molar-refractivity contribution in [1.29, 1.82) is 0 Å². The molecule has 2 aromatic carbocycles. The van der Waals surface area contributed by atoms with Gasteiger partial charge in [0.2, 0.25) is 0 Å². The highest BCUT2D eigenvalue weighted by Gasteiger charge is 2.54. The fourth-order valence-electron chi connectivity index (χ4n) is 9.34. The molecule has 2 rings (SSSR count). The third kappa shape index (κ3) is 23.3. The van der Waals surface area contributed by atoms with Gasteiger partial charge in [0.25, 0.3) is 0 Å². The zero-order valence-electron chi connectivity index (χ0n) is 41.1. The number of hydrogen-bond donors (Lipinski definition) is 8. The minimum Gasteiger partial charge on any atom is -0.395 e. The summed E-state index contributed by atoms with van der Waals surface area (Å²) in [5, 5.41) is 47.5. The second kappa shape index (κ2) is 38.9. The summed E-state index contributed by atoms with van der Waals surface area (Å²) in [6, 6.07) is 12.8. The Morgan fingerprint density at radius 1 is 0.391 bits per heavy atom. The van der Waals surface area contributed by atoms with Gasteiger partial charge in [-0.1, -0.05) is 218 Å². The van der Waals surface area contributed by atoms with Crippen molar-refractivity contribution < 1.29 is 44.3 Å². The Morgan fingerprint density at radius 2 is 0.656 bits per heavy atom. The third-order valence-electron chi connectivity index (χ3n) is 13.3. The number of unbranched alkanes of at least 4 members (excludes halogenated alkanes) is 24. The average molecular weight is 939 g/mol. The summed E-state index contributed by atoms with van der Waals surface area (Å²) >= 11 is 0. The van der Waals surface area contributed by atoms with Crippen molar-refractivity contribution in [2.75, 3.05) is 19.8 Å². The highest BCUT2D eigenvalue weighted by molar-refractivity contribution is 7.53. The molecule has 0 radical (unpaired) electrons. The molecule has 0 spiro atoms. The summed E-state index contributed by atoms with van der Waals surface area (Å²) in [4.78, 5) is 31.3. The van der Waals surface area contributed by atoms with E-state index in [1.807, 2.05) is 0 Å². The van der Waals surface area contributed by atoms with Crippen LogP contribution < -0.4 is 0 Å². The quantitative estimate of drug-likeness (QED) is 0.0239. The van der Waals surface area contributed by atoms with Gasteiger partial charge in [-0.25, -0.2) is 4.31 Å². The lowest BCUT2D eigenvalue weighted by atomic mass is 9.62. The van der Waals surface area contributed by atoms with E-state index in [-0.39, 0.29) is 0 Å². The Kier molecular flexibility index (Phi) is 37.0. The van der Waals surface area contributed by atoms with Gasteiger partial charge in [0.05, 0.1) is 25.2 Å². The van der Waals surface area contributed by atoms with Gasteiger partial charge in [0.1, 0.15) is 5.60 Å². The maximum Gasteiger partial charge on any atom is 0.334 e. The molecule has 0 saturated carbocycles. The SMILES string of the molecule is CCCCCCCCCc1cccc(C(O)(c2cccc(CCCCCCCCC)c2CCCCCCCCC)C(CO)(CO)CO)c1CCCCCCCCC.OP(O)OP(O)O. The predicted octanol–water partition coefficient (Wildman–Crippen LogP) is 13.5. The number of hydrogen-bond acceptors (Lipinski definition) is 9. The van der Waals surface area contributed by atoms with Crippen molar-refractivity contribution in [3.8, 4) is 0 Å². The van der Waals surface area contributed by atoms with Gasteiger partial charge < -0.3 is 40.0 Å². The standard InChI is InChI=1S/C53H92O4.H4O5P2/c1-5-9-13-17-21-25-29-35-46-37-33-41-50(48(46)39-31-27-23-19-15-11-7-3)53(57,52(43-54,44-55)45-56)51-42-34-38-47(36-30-26-22-18-14-10-6-2)49(51)40-32-28-24-20-16-12-8-4;1-6(2)5-7(3)4/h33-34,37-38,41-42,54-57H,5-32,35-36,39-40,43-45H2,1-4H3;1-4H. The van der Waals surface area contributed by atoms with Crippen LogP contribution in [-0.4, -0.2) is 59.8 Å². The molecule has 0 aliphatic heterocycles. The Morgan fingerprint density at radius 3 is 0.906 bits per heavy atom. The number of benzene rings is 2. The predicted molar refractivity (Wildman–Crippen MR) is 270 cm³/mol. The van der Waals surface area contributed by atoms with Gasteiger partial charge >= 0.3 is 17.2 Å². The van der Waals surface area contributed by atoms with E-state index in [1.54, 1.807) is 0 Å². The van der Waals surface area contributed by atoms with E-state index in [0.29, 0.717) is 0 Å². The first kappa shape index (κ1) is 61.0. The molecule has 64 heavy (non-hydrogen) atoms. The van der Waals surface area contributed by atoms with Crippen LogP contribution in [-0.2, 0) is 35.6 Å². The maximum absolute atomic E-state index is 13.8. The molecule has 0 amide bonds. The Balaban J connectivity index is 0.00000269. The van der Waals surface area contributed by atoms with E-state index in [1.165, 1.54) is 164 Å². The van der Waals surface area contributed by atoms with E-state index in [4.69, 9.17) is 19.6 Å². The van der Waals surface area contributed by atoms with Crippen LogP contribution in [0.25, 0.3) is 0 Å². The van der Waals surface area contributed by atoms with E-state index in [2.05, 4.69) is 68.4 Å². The lowest BCUT2D eigenvalue weighted by Crippen LogP contribution is -2.55. The molecule has 0 saturated heterocycles. The van der Waals surface area contributed by atoms with Crippen molar-refractivity contribution >= 4 is 17.2 Å². The highest BCUT2D eigenvalue weighted by atomic mass is 31.2. The molecule has 2 aromatic rings. The Bertz CT molecular complexity index is 1290. The molecule has 11 heteroatoms. The first-order valence-corrected chi connectivity index (χ1v) is 28.2. The molecule has 0 atom stereocenters. The normalized spacial score (nSPS) is 12.1. The van der Waals surface area contributed by atoms with Gasteiger partial charge in [-0.3, -0.25) is 0 Å². The van der Waals surface area contributed by atoms with Gasteiger partial charge in [-0.15, -0.1) is 0 Å². The molecule has 0 aliphatic rings. The lowest BCUT2D eigenvalue weighted by molar-refractivity contribution is -0.136. The van der Waals surface area contributed by atoms with Crippen LogP contribution in [0.4, 0.5) is 0 Å². The number of rotatable bonds is 40.